The van der Waals surface area contributed by atoms with Crippen LogP contribution in [0.1, 0.15) is 33.6 Å². The van der Waals surface area contributed by atoms with E-state index in [1.165, 1.54) is 0 Å². The lowest BCUT2D eigenvalue weighted by molar-refractivity contribution is -0.141. The first kappa shape index (κ1) is 12.0. The van der Waals surface area contributed by atoms with Crippen molar-refractivity contribution in [1.29, 1.82) is 0 Å². The zero-order chi connectivity index (χ0) is 11.6. The Morgan fingerprint density at radius 2 is 2.20 bits per heavy atom. The molecule has 0 saturated carbocycles. The van der Waals surface area contributed by atoms with Crippen LogP contribution in [0.15, 0.2) is 0 Å². The summed E-state index contributed by atoms with van der Waals surface area (Å²) in [6.07, 6.45) is 1.17. The van der Waals surface area contributed by atoms with Crippen molar-refractivity contribution in [3.63, 3.8) is 0 Å². The highest BCUT2D eigenvalue weighted by molar-refractivity contribution is 5.86. The number of carbonyl (C=O) groups excluding carboxylic acids is 1. The molecule has 1 N–H and O–H groups in total. The van der Waals surface area contributed by atoms with Crippen LogP contribution >= 0.6 is 0 Å². The standard InChI is InChI=1S/C11H19NO3/c1-4-7(2)8(3)12-6-9(11(14)15)5-10(12)13/h7-9H,4-6H2,1-3H3,(H,14,15). The average Bonchev–Trinajstić information content (AvgIpc) is 2.58. The molecule has 1 fully saturated rings. The van der Waals surface area contributed by atoms with E-state index in [0.717, 1.165) is 6.42 Å². The van der Waals surface area contributed by atoms with Gasteiger partial charge in [-0.3, -0.25) is 9.59 Å². The van der Waals surface area contributed by atoms with Crippen LogP contribution in [0.25, 0.3) is 0 Å². The molecule has 0 aliphatic carbocycles. The molecule has 86 valence electrons. The van der Waals surface area contributed by atoms with Crippen molar-refractivity contribution in [2.24, 2.45) is 11.8 Å². The molecule has 1 saturated heterocycles. The predicted octanol–water partition coefficient (Wildman–Crippen LogP) is 1.35. The maximum absolute atomic E-state index is 11.6. The van der Waals surface area contributed by atoms with Gasteiger partial charge in [-0.25, -0.2) is 0 Å². The van der Waals surface area contributed by atoms with E-state index in [-0.39, 0.29) is 18.4 Å². The van der Waals surface area contributed by atoms with E-state index < -0.39 is 11.9 Å². The Morgan fingerprint density at radius 1 is 1.60 bits per heavy atom. The molecule has 1 rings (SSSR count). The number of rotatable bonds is 4. The van der Waals surface area contributed by atoms with Crippen molar-refractivity contribution in [2.45, 2.75) is 39.7 Å². The number of carboxylic acids is 1. The largest absolute Gasteiger partial charge is 0.481 e. The molecule has 0 radical (unpaired) electrons. The lowest BCUT2D eigenvalue weighted by Gasteiger charge is -2.29. The smallest absolute Gasteiger partial charge is 0.308 e. The fraction of sp³-hybridized carbons (Fsp3) is 0.818. The van der Waals surface area contributed by atoms with E-state index in [0.29, 0.717) is 12.5 Å². The molecule has 1 aliphatic rings. The van der Waals surface area contributed by atoms with Gasteiger partial charge in [0.2, 0.25) is 5.91 Å². The minimum atomic E-state index is -0.859. The van der Waals surface area contributed by atoms with E-state index >= 15 is 0 Å². The number of aliphatic carboxylic acids is 1. The van der Waals surface area contributed by atoms with Gasteiger partial charge in [0.15, 0.2) is 0 Å². The first-order valence-corrected chi connectivity index (χ1v) is 5.49. The van der Waals surface area contributed by atoms with Crippen LogP contribution in [-0.2, 0) is 9.59 Å². The number of hydrogen-bond donors (Lipinski definition) is 1. The summed E-state index contributed by atoms with van der Waals surface area (Å²) >= 11 is 0. The third-order valence-corrected chi connectivity index (χ3v) is 3.47. The molecule has 3 atom stereocenters. The van der Waals surface area contributed by atoms with E-state index in [2.05, 4.69) is 13.8 Å². The van der Waals surface area contributed by atoms with E-state index in [1.54, 1.807) is 4.90 Å². The Hall–Kier alpha value is -1.06. The minimum absolute atomic E-state index is 0.0183. The van der Waals surface area contributed by atoms with Gasteiger partial charge in [-0.1, -0.05) is 20.3 Å². The second-order valence-electron chi connectivity index (χ2n) is 4.41. The summed E-state index contributed by atoms with van der Waals surface area (Å²) in [5, 5.41) is 8.85. The topological polar surface area (TPSA) is 57.6 Å². The molecule has 0 aromatic heterocycles. The van der Waals surface area contributed by atoms with Gasteiger partial charge in [0.05, 0.1) is 5.92 Å². The summed E-state index contributed by atoms with van der Waals surface area (Å²) < 4.78 is 0. The van der Waals surface area contributed by atoms with Gasteiger partial charge >= 0.3 is 5.97 Å². The van der Waals surface area contributed by atoms with Gasteiger partial charge in [-0.05, 0) is 12.8 Å². The summed E-state index contributed by atoms with van der Waals surface area (Å²) in [5.74, 6) is -0.970. The van der Waals surface area contributed by atoms with Gasteiger partial charge < -0.3 is 10.0 Å². The highest BCUT2D eigenvalue weighted by atomic mass is 16.4. The molecular weight excluding hydrogens is 194 g/mol. The van der Waals surface area contributed by atoms with E-state index in [9.17, 15) is 9.59 Å². The summed E-state index contributed by atoms with van der Waals surface area (Å²) in [7, 11) is 0. The van der Waals surface area contributed by atoms with Gasteiger partial charge in [0.25, 0.3) is 0 Å². The fourth-order valence-electron chi connectivity index (χ4n) is 1.94. The third-order valence-electron chi connectivity index (χ3n) is 3.47. The maximum Gasteiger partial charge on any atom is 0.308 e. The molecule has 15 heavy (non-hydrogen) atoms. The van der Waals surface area contributed by atoms with Crippen LogP contribution in [0.2, 0.25) is 0 Å². The van der Waals surface area contributed by atoms with Crippen molar-refractivity contribution in [2.75, 3.05) is 6.54 Å². The van der Waals surface area contributed by atoms with Crippen molar-refractivity contribution >= 4 is 11.9 Å². The third kappa shape index (κ3) is 2.49. The molecule has 1 aliphatic heterocycles. The summed E-state index contributed by atoms with van der Waals surface area (Å²) in [4.78, 5) is 24.1. The second kappa shape index (κ2) is 4.64. The quantitative estimate of drug-likeness (QED) is 0.767. The number of hydrogen-bond acceptors (Lipinski definition) is 2. The molecule has 1 heterocycles. The summed E-state index contributed by atoms with van der Waals surface area (Å²) in [6, 6.07) is 0.145. The minimum Gasteiger partial charge on any atom is -0.481 e. The van der Waals surface area contributed by atoms with Crippen LogP contribution in [0.5, 0.6) is 0 Å². The van der Waals surface area contributed by atoms with Crippen LogP contribution in [-0.4, -0.2) is 34.5 Å². The highest BCUT2D eigenvalue weighted by Gasteiger charge is 2.37. The van der Waals surface area contributed by atoms with Crippen molar-refractivity contribution < 1.29 is 14.7 Å². The van der Waals surface area contributed by atoms with Crippen molar-refractivity contribution in [3.05, 3.63) is 0 Å². The van der Waals surface area contributed by atoms with Crippen LogP contribution in [0.4, 0.5) is 0 Å². The molecule has 1 amide bonds. The lowest BCUT2D eigenvalue weighted by Crippen LogP contribution is -2.38. The molecule has 0 spiro atoms. The molecule has 0 aromatic rings. The van der Waals surface area contributed by atoms with Gasteiger partial charge in [-0.2, -0.15) is 0 Å². The Kier molecular flexibility index (Phi) is 3.72. The number of nitrogens with zero attached hydrogens (tertiary/aromatic N) is 1. The van der Waals surface area contributed by atoms with E-state index in [4.69, 9.17) is 5.11 Å². The summed E-state index contributed by atoms with van der Waals surface area (Å²) in [5.41, 5.74) is 0. The molecule has 0 aromatic carbocycles. The maximum atomic E-state index is 11.6. The Bertz CT molecular complexity index is 265. The normalized spacial score (nSPS) is 25.4. The number of carboxylic acid groups (broad SMARTS) is 1. The highest BCUT2D eigenvalue weighted by Crippen LogP contribution is 2.24. The predicted molar refractivity (Wildman–Crippen MR) is 56.4 cm³/mol. The number of amides is 1. The van der Waals surface area contributed by atoms with Crippen LogP contribution in [0, 0.1) is 11.8 Å². The lowest BCUT2D eigenvalue weighted by atomic mass is 9.99. The number of carbonyl (C=O) groups is 2. The Morgan fingerprint density at radius 3 is 2.60 bits per heavy atom. The molecule has 4 heteroatoms. The van der Waals surface area contributed by atoms with E-state index in [1.807, 2.05) is 6.92 Å². The second-order valence-corrected chi connectivity index (χ2v) is 4.41. The van der Waals surface area contributed by atoms with Crippen LogP contribution < -0.4 is 0 Å². The zero-order valence-corrected chi connectivity index (χ0v) is 9.56. The Labute approximate surface area is 90.3 Å². The van der Waals surface area contributed by atoms with Crippen molar-refractivity contribution in [3.8, 4) is 0 Å². The fourth-order valence-corrected chi connectivity index (χ4v) is 1.94. The zero-order valence-electron chi connectivity index (χ0n) is 9.56. The molecule has 3 unspecified atom stereocenters. The SMILES string of the molecule is CCC(C)C(C)N1CC(C(=O)O)CC1=O. The average molecular weight is 213 g/mol. The summed E-state index contributed by atoms with van der Waals surface area (Å²) in [6.45, 7) is 6.54. The molecule has 0 bridgehead atoms. The van der Waals surface area contributed by atoms with Gasteiger partial charge in [-0.15, -0.1) is 0 Å². The number of likely N-dealkylation sites (tertiary alicyclic amines) is 1. The molecular formula is C11H19NO3. The van der Waals surface area contributed by atoms with Crippen LogP contribution in [0.3, 0.4) is 0 Å². The van der Waals surface area contributed by atoms with Gasteiger partial charge in [0, 0.05) is 19.0 Å². The molecule has 4 nitrogen and oxygen atoms in total. The first-order chi connectivity index (χ1) is 6.97. The van der Waals surface area contributed by atoms with Gasteiger partial charge in [0.1, 0.15) is 0 Å². The monoisotopic (exact) mass is 213 g/mol. The first-order valence-electron chi connectivity index (χ1n) is 5.49. The Balaban J connectivity index is 2.64. The van der Waals surface area contributed by atoms with Crippen molar-refractivity contribution in [1.82, 2.24) is 4.90 Å².